The van der Waals surface area contributed by atoms with Crippen LogP contribution in [0.2, 0.25) is 0 Å². The molecule has 0 unspecified atom stereocenters. The molecule has 0 amide bonds. The van der Waals surface area contributed by atoms with Crippen LogP contribution in [0.25, 0.3) is 0 Å². The highest BCUT2D eigenvalue weighted by atomic mass is 19.4. The molecule has 26 heavy (non-hydrogen) atoms. The Morgan fingerprint density at radius 3 is 2.69 bits per heavy atom. The number of carbonyl (C=O) groups is 1. The molecule has 10 heteroatoms. The first-order valence-electron chi connectivity index (χ1n) is 7.88. The molecular formula is C16H14F3N3O4. The molecule has 0 spiro atoms. The number of benzene rings is 1. The van der Waals surface area contributed by atoms with Crippen LogP contribution in [0.15, 0.2) is 24.4 Å². The van der Waals surface area contributed by atoms with Gasteiger partial charge >= 0.3 is 12.1 Å². The topological polar surface area (TPSA) is 85.6 Å². The van der Waals surface area contributed by atoms with Crippen LogP contribution in [0.4, 0.5) is 19.0 Å². The van der Waals surface area contributed by atoms with E-state index in [2.05, 4.69) is 10.4 Å². The van der Waals surface area contributed by atoms with Crippen molar-refractivity contribution in [3.8, 4) is 11.5 Å². The van der Waals surface area contributed by atoms with Gasteiger partial charge in [-0.05, 0) is 17.7 Å². The molecule has 2 aliphatic rings. The predicted octanol–water partition coefficient (Wildman–Crippen LogP) is 3.01. The predicted molar refractivity (Wildman–Crippen MR) is 82.7 cm³/mol. The molecule has 0 saturated carbocycles. The molecule has 7 nitrogen and oxygen atoms in total. The van der Waals surface area contributed by atoms with Gasteiger partial charge in [0.1, 0.15) is 24.6 Å². The number of fused-ring (bicyclic) bond motifs is 2. The average molecular weight is 369 g/mol. The fraction of sp³-hybridized carbons (Fsp3) is 0.375. The minimum Gasteiger partial charge on any atom is -0.486 e. The van der Waals surface area contributed by atoms with E-state index in [1.165, 1.54) is 0 Å². The van der Waals surface area contributed by atoms with Gasteiger partial charge in [-0.25, -0.2) is 9.48 Å². The van der Waals surface area contributed by atoms with Gasteiger partial charge in [0.25, 0.3) is 0 Å². The summed E-state index contributed by atoms with van der Waals surface area (Å²) in [5.41, 5.74) is 0.244. The van der Waals surface area contributed by atoms with Crippen molar-refractivity contribution in [2.75, 3.05) is 18.5 Å². The van der Waals surface area contributed by atoms with Crippen LogP contribution < -0.4 is 14.8 Å². The number of hydrogen-bond acceptors (Lipinski definition) is 5. The number of aromatic nitrogens is 2. The molecule has 0 fully saturated rings. The summed E-state index contributed by atoms with van der Waals surface area (Å²) in [4.78, 5) is 11.3. The molecule has 2 aromatic rings. The van der Waals surface area contributed by atoms with E-state index in [1.54, 1.807) is 18.2 Å². The number of hydrogen-bond donors (Lipinski definition) is 2. The van der Waals surface area contributed by atoms with E-state index in [0.717, 1.165) is 6.20 Å². The molecule has 0 saturated heterocycles. The summed E-state index contributed by atoms with van der Waals surface area (Å²) in [6.07, 6.45) is -3.96. The van der Waals surface area contributed by atoms with Gasteiger partial charge in [0.15, 0.2) is 17.5 Å². The third-order valence-corrected chi connectivity index (χ3v) is 4.44. The van der Waals surface area contributed by atoms with Gasteiger partial charge in [-0.3, -0.25) is 0 Å². The van der Waals surface area contributed by atoms with E-state index in [1.807, 2.05) is 0 Å². The fourth-order valence-electron chi connectivity index (χ4n) is 3.21. The third-order valence-electron chi connectivity index (χ3n) is 4.44. The number of halogens is 3. The van der Waals surface area contributed by atoms with Gasteiger partial charge in [-0.15, -0.1) is 0 Å². The SMILES string of the molecule is O=C(O)c1cnn2c1N[C@H](c1ccc3c(c1)OCCO3)C[C@@H]2C(F)(F)F. The zero-order chi connectivity index (χ0) is 18.5. The number of carboxylic acid groups (broad SMARTS) is 1. The van der Waals surface area contributed by atoms with Crippen molar-refractivity contribution in [3.63, 3.8) is 0 Å². The zero-order valence-corrected chi connectivity index (χ0v) is 13.3. The standard InChI is InChI=1S/C16H14F3N3O4/c17-16(18,19)13-6-10(21-14-9(15(23)24)7-20-22(13)14)8-1-2-11-12(5-8)26-4-3-25-11/h1-2,5,7,10,13,21H,3-4,6H2,(H,23,24)/t10-,13+/m0/s1. The first-order chi connectivity index (χ1) is 12.3. The Balaban J connectivity index is 1.74. The molecule has 0 bridgehead atoms. The van der Waals surface area contributed by atoms with Gasteiger partial charge in [0.2, 0.25) is 0 Å². The van der Waals surface area contributed by atoms with Gasteiger partial charge in [-0.2, -0.15) is 18.3 Å². The van der Waals surface area contributed by atoms with Crippen LogP contribution in [-0.2, 0) is 0 Å². The van der Waals surface area contributed by atoms with E-state index in [4.69, 9.17) is 9.47 Å². The second-order valence-corrected chi connectivity index (χ2v) is 6.05. The molecule has 3 heterocycles. The van der Waals surface area contributed by atoms with E-state index in [-0.39, 0.29) is 17.8 Å². The van der Waals surface area contributed by atoms with Crippen molar-refractivity contribution in [1.29, 1.82) is 0 Å². The van der Waals surface area contributed by atoms with E-state index >= 15 is 0 Å². The lowest BCUT2D eigenvalue weighted by molar-refractivity contribution is -0.173. The van der Waals surface area contributed by atoms with Gasteiger partial charge < -0.3 is 19.9 Å². The Labute approximate surface area is 145 Å². The number of nitrogens with zero attached hydrogens (tertiary/aromatic N) is 2. The molecule has 0 radical (unpaired) electrons. The van der Waals surface area contributed by atoms with Gasteiger partial charge in [0, 0.05) is 6.42 Å². The Morgan fingerprint density at radius 1 is 1.27 bits per heavy atom. The van der Waals surface area contributed by atoms with Crippen molar-refractivity contribution in [2.24, 2.45) is 0 Å². The van der Waals surface area contributed by atoms with Crippen molar-refractivity contribution in [3.05, 3.63) is 35.5 Å². The minimum absolute atomic E-state index is 0.161. The molecule has 0 aliphatic carbocycles. The first-order valence-corrected chi connectivity index (χ1v) is 7.88. The smallest absolute Gasteiger partial charge is 0.410 e. The monoisotopic (exact) mass is 369 g/mol. The highest BCUT2D eigenvalue weighted by Gasteiger charge is 2.47. The Bertz CT molecular complexity index is 865. The van der Waals surface area contributed by atoms with Crippen molar-refractivity contribution < 1.29 is 32.5 Å². The second kappa shape index (κ2) is 5.82. The molecule has 4 rings (SSSR count). The number of nitrogens with one attached hydrogen (secondary N) is 1. The Kier molecular flexibility index (Phi) is 3.70. The van der Waals surface area contributed by atoms with Crippen LogP contribution in [-0.4, -0.2) is 40.2 Å². The summed E-state index contributed by atoms with van der Waals surface area (Å²) in [6.45, 7) is 0.765. The number of anilines is 1. The van der Waals surface area contributed by atoms with E-state index in [9.17, 15) is 23.1 Å². The fourth-order valence-corrected chi connectivity index (χ4v) is 3.21. The number of rotatable bonds is 2. The molecule has 1 aromatic carbocycles. The molecular weight excluding hydrogens is 355 g/mol. The summed E-state index contributed by atoms with van der Waals surface area (Å²) in [6, 6.07) is 2.22. The number of ether oxygens (including phenoxy) is 2. The highest BCUT2D eigenvalue weighted by Crippen LogP contribution is 2.45. The summed E-state index contributed by atoms with van der Waals surface area (Å²) in [5.74, 6) is -0.524. The number of aromatic carboxylic acids is 1. The Hall–Kier alpha value is -2.91. The average Bonchev–Trinajstić information content (AvgIpc) is 3.03. The summed E-state index contributed by atoms with van der Waals surface area (Å²) < 4.78 is 52.1. The summed E-state index contributed by atoms with van der Waals surface area (Å²) in [5, 5.41) is 15.7. The van der Waals surface area contributed by atoms with E-state index < -0.39 is 24.2 Å². The molecule has 138 valence electrons. The molecule has 2 N–H and O–H groups in total. The maximum atomic E-state index is 13.5. The van der Waals surface area contributed by atoms with Crippen LogP contribution in [0, 0.1) is 0 Å². The Morgan fingerprint density at radius 2 is 2.00 bits per heavy atom. The van der Waals surface area contributed by atoms with Gasteiger partial charge in [-0.1, -0.05) is 6.07 Å². The lowest BCUT2D eigenvalue weighted by Gasteiger charge is -2.34. The molecule has 2 aliphatic heterocycles. The zero-order valence-electron chi connectivity index (χ0n) is 13.3. The van der Waals surface area contributed by atoms with Gasteiger partial charge in [0.05, 0.1) is 12.2 Å². The van der Waals surface area contributed by atoms with Crippen molar-refractivity contribution >= 4 is 11.8 Å². The lowest BCUT2D eigenvalue weighted by Crippen LogP contribution is -2.36. The summed E-state index contributed by atoms with van der Waals surface area (Å²) >= 11 is 0. The summed E-state index contributed by atoms with van der Waals surface area (Å²) in [7, 11) is 0. The number of alkyl halides is 3. The maximum Gasteiger partial charge on any atom is 0.410 e. The quantitative estimate of drug-likeness (QED) is 0.847. The van der Waals surface area contributed by atoms with Crippen LogP contribution >= 0.6 is 0 Å². The third kappa shape index (κ3) is 2.71. The van der Waals surface area contributed by atoms with Crippen LogP contribution in [0.1, 0.15) is 34.4 Å². The highest BCUT2D eigenvalue weighted by molar-refractivity contribution is 5.93. The minimum atomic E-state index is -4.56. The molecule has 1 aromatic heterocycles. The maximum absolute atomic E-state index is 13.5. The lowest BCUT2D eigenvalue weighted by atomic mass is 9.96. The van der Waals surface area contributed by atoms with E-state index in [0.29, 0.717) is 35.0 Å². The molecule has 2 atom stereocenters. The van der Waals surface area contributed by atoms with Crippen LogP contribution in [0.3, 0.4) is 0 Å². The van der Waals surface area contributed by atoms with Crippen molar-refractivity contribution in [2.45, 2.75) is 24.7 Å². The first kappa shape index (κ1) is 16.6. The largest absolute Gasteiger partial charge is 0.486 e. The van der Waals surface area contributed by atoms with Crippen molar-refractivity contribution in [1.82, 2.24) is 9.78 Å². The number of carboxylic acids is 1. The normalized spacial score (nSPS) is 21.7. The van der Waals surface area contributed by atoms with Crippen LogP contribution in [0.5, 0.6) is 11.5 Å². The second-order valence-electron chi connectivity index (χ2n) is 6.05.